The summed E-state index contributed by atoms with van der Waals surface area (Å²) in [5, 5.41) is 4.24. The highest BCUT2D eigenvalue weighted by atomic mass is 35.5. The third kappa shape index (κ3) is 4.18. The number of aromatic nitrogens is 1. The molecule has 1 aromatic rings. The fourth-order valence-electron chi connectivity index (χ4n) is 1.60. The van der Waals surface area contributed by atoms with Crippen molar-refractivity contribution in [2.24, 2.45) is 0 Å². The van der Waals surface area contributed by atoms with Crippen molar-refractivity contribution in [1.82, 2.24) is 10.3 Å². The maximum Gasteiger partial charge on any atom is 0.0634 e. The first-order valence-corrected chi connectivity index (χ1v) is 5.76. The Balaban J connectivity index is 2.53. The molecule has 0 radical (unpaired) electrons. The second kappa shape index (κ2) is 5.47. The summed E-state index contributed by atoms with van der Waals surface area (Å²) >= 11 is 6.03. The van der Waals surface area contributed by atoms with Gasteiger partial charge in [-0.25, -0.2) is 0 Å². The van der Waals surface area contributed by atoms with Crippen LogP contribution in [-0.4, -0.2) is 10.5 Å². The van der Waals surface area contributed by atoms with Crippen LogP contribution in [0.3, 0.4) is 0 Å². The van der Waals surface area contributed by atoms with E-state index in [2.05, 4.69) is 31.1 Å². The van der Waals surface area contributed by atoms with E-state index in [0.717, 1.165) is 23.6 Å². The average Bonchev–Trinajstić information content (AvgIpc) is 2.16. The van der Waals surface area contributed by atoms with Crippen LogP contribution in [0, 0.1) is 0 Å². The van der Waals surface area contributed by atoms with Gasteiger partial charge in [-0.15, -0.1) is 0 Å². The van der Waals surface area contributed by atoms with E-state index in [-0.39, 0.29) is 5.54 Å². The van der Waals surface area contributed by atoms with Crippen molar-refractivity contribution in [1.29, 1.82) is 0 Å². The molecule has 3 heteroatoms. The van der Waals surface area contributed by atoms with Crippen molar-refractivity contribution in [3.05, 3.63) is 29.0 Å². The SMILES string of the molecule is CCCC(C)(C)NCc1ccncc1Cl. The molecule has 1 heterocycles. The molecule has 0 atom stereocenters. The molecular weight excluding hydrogens is 208 g/mol. The minimum atomic E-state index is 0.168. The highest BCUT2D eigenvalue weighted by Gasteiger charge is 2.15. The zero-order valence-corrected chi connectivity index (χ0v) is 10.4. The summed E-state index contributed by atoms with van der Waals surface area (Å²) in [5.41, 5.74) is 1.28. The molecule has 84 valence electrons. The summed E-state index contributed by atoms with van der Waals surface area (Å²) in [6.45, 7) is 7.42. The van der Waals surface area contributed by atoms with E-state index in [0.29, 0.717) is 0 Å². The highest BCUT2D eigenvalue weighted by molar-refractivity contribution is 6.31. The van der Waals surface area contributed by atoms with Gasteiger partial charge in [0.25, 0.3) is 0 Å². The second-order valence-corrected chi connectivity index (χ2v) is 4.86. The zero-order valence-electron chi connectivity index (χ0n) is 9.68. The molecule has 0 fully saturated rings. The molecule has 0 bridgehead atoms. The number of nitrogens with one attached hydrogen (secondary N) is 1. The summed E-state index contributed by atoms with van der Waals surface area (Å²) in [6.07, 6.45) is 5.81. The fourth-order valence-corrected chi connectivity index (χ4v) is 1.78. The Kier molecular flexibility index (Phi) is 4.55. The molecule has 0 saturated carbocycles. The Labute approximate surface area is 97.1 Å². The van der Waals surface area contributed by atoms with Gasteiger partial charge >= 0.3 is 0 Å². The van der Waals surface area contributed by atoms with Crippen LogP contribution in [0.2, 0.25) is 5.02 Å². The van der Waals surface area contributed by atoms with E-state index in [9.17, 15) is 0 Å². The van der Waals surface area contributed by atoms with Gasteiger partial charge in [-0.1, -0.05) is 24.9 Å². The van der Waals surface area contributed by atoms with Gasteiger partial charge < -0.3 is 5.32 Å². The molecule has 0 saturated heterocycles. The molecular formula is C12H19ClN2. The predicted octanol–water partition coefficient (Wildman–Crippen LogP) is 3.40. The van der Waals surface area contributed by atoms with E-state index in [1.165, 1.54) is 6.42 Å². The molecule has 0 aliphatic heterocycles. The number of nitrogens with zero attached hydrogens (tertiary/aromatic N) is 1. The van der Waals surface area contributed by atoms with Crippen molar-refractivity contribution in [3.63, 3.8) is 0 Å². The Morgan fingerprint density at radius 3 is 2.80 bits per heavy atom. The van der Waals surface area contributed by atoms with Gasteiger partial charge in [0.05, 0.1) is 5.02 Å². The van der Waals surface area contributed by atoms with Gasteiger partial charge in [0.1, 0.15) is 0 Å². The minimum Gasteiger partial charge on any atom is -0.308 e. The first-order chi connectivity index (χ1) is 7.05. The Hall–Kier alpha value is -0.600. The van der Waals surface area contributed by atoms with Crippen molar-refractivity contribution in [2.45, 2.75) is 45.7 Å². The van der Waals surface area contributed by atoms with Gasteiger partial charge in [-0.3, -0.25) is 4.98 Å². The number of rotatable bonds is 5. The highest BCUT2D eigenvalue weighted by Crippen LogP contribution is 2.16. The molecule has 0 aliphatic rings. The van der Waals surface area contributed by atoms with Gasteiger partial charge in [0, 0.05) is 24.5 Å². The summed E-state index contributed by atoms with van der Waals surface area (Å²) in [6, 6.07) is 1.96. The lowest BCUT2D eigenvalue weighted by Crippen LogP contribution is -2.38. The number of hydrogen-bond donors (Lipinski definition) is 1. The fraction of sp³-hybridized carbons (Fsp3) is 0.583. The van der Waals surface area contributed by atoms with Crippen LogP contribution in [0.25, 0.3) is 0 Å². The minimum absolute atomic E-state index is 0.168. The predicted molar refractivity (Wildman–Crippen MR) is 65.1 cm³/mol. The molecule has 15 heavy (non-hydrogen) atoms. The van der Waals surface area contributed by atoms with E-state index >= 15 is 0 Å². The Bertz CT molecular complexity index is 310. The summed E-state index contributed by atoms with van der Waals surface area (Å²) < 4.78 is 0. The van der Waals surface area contributed by atoms with Gasteiger partial charge in [-0.2, -0.15) is 0 Å². The normalized spacial score (nSPS) is 11.7. The van der Waals surface area contributed by atoms with Gasteiger partial charge in [-0.05, 0) is 31.9 Å². The Morgan fingerprint density at radius 1 is 1.47 bits per heavy atom. The smallest absolute Gasteiger partial charge is 0.0634 e. The molecule has 1 aromatic heterocycles. The van der Waals surface area contributed by atoms with Gasteiger partial charge in [0.15, 0.2) is 0 Å². The lowest BCUT2D eigenvalue weighted by molar-refractivity contribution is 0.357. The molecule has 1 rings (SSSR count). The quantitative estimate of drug-likeness (QED) is 0.833. The molecule has 1 N–H and O–H groups in total. The molecule has 2 nitrogen and oxygen atoms in total. The summed E-state index contributed by atoms with van der Waals surface area (Å²) in [5.74, 6) is 0. The first-order valence-electron chi connectivity index (χ1n) is 5.38. The van der Waals surface area contributed by atoms with Crippen molar-refractivity contribution < 1.29 is 0 Å². The molecule has 0 spiro atoms. The average molecular weight is 227 g/mol. The van der Waals surface area contributed by atoms with Crippen LogP contribution in [0.1, 0.15) is 39.2 Å². The molecule has 0 unspecified atom stereocenters. The first kappa shape index (κ1) is 12.5. The van der Waals surface area contributed by atoms with Crippen molar-refractivity contribution in [3.8, 4) is 0 Å². The zero-order chi connectivity index (χ0) is 11.3. The summed E-state index contributed by atoms with van der Waals surface area (Å²) in [4.78, 5) is 3.97. The molecule has 0 amide bonds. The van der Waals surface area contributed by atoms with Crippen LogP contribution in [0.4, 0.5) is 0 Å². The summed E-state index contributed by atoms with van der Waals surface area (Å²) in [7, 11) is 0. The lowest BCUT2D eigenvalue weighted by Gasteiger charge is -2.26. The topological polar surface area (TPSA) is 24.9 Å². The van der Waals surface area contributed by atoms with E-state index in [4.69, 9.17) is 11.6 Å². The largest absolute Gasteiger partial charge is 0.308 e. The number of halogens is 1. The van der Waals surface area contributed by atoms with E-state index < -0.39 is 0 Å². The molecule has 0 aliphatic carbocycles. The van der Waals surface area contributed by atoms with Crippen LogP contribution >= 0.6 is 11.6 Å². The van der Waals surface area contributed by atoms with Gasteiger partial charge in [0.2, 0.25) is 0 Å². The van der Waals surface area contributed by atoms with E-state index in [1.807, 2.05) is 6.07 Å². The van der Waals surface area contributed by atoms with Crippen molar-refractivity contribution >= 4 is 11.6 Å². The maximum absolute atomic E-state index is 6.03. The number of hydrogen-bond acceptors (Lipinski definition) is 2. The third-order valence-electron chi connectivity index (χ3n) is 2.49. The Morgan fingerprint density at radius 2 is 2.20 bits per heavy atom. The van der Waals surface area contributed by atoms with Crippen LogP contribution in [0.15, 0.2) is 18.5 Å². The van der Waals surface area contributed by atoms with E-state index in [1.54, 1.807) is 12.4 Å². The number of pyridine rings is 1. The monoisotopic (exact) mass is 226 g/mol. The van der Waals surface area contributed by atoms with Crippen LogP contribution in [-0.2, 0) is 6.54 Å². The second-order valence-electron chi connectivity index (χ2n) is 4.45. The standard InChI is InChI=1S/C12H19ClN2/c1-4-6-12(2,3)15-8-10-5-7-14-9-11(10)13/h5,7,9,15H,4,6,8H2,1-3H3. The van der Waals surface area contributed by atoms with Crippen LogP contribution in [0.5, 0.6) is 0 Å². The van der Waals surface area contributed by atoms with Crippen LogP contribution < -0.4 is 5.32 Å². The van der Waals surface area contributed by atoms with Crippen molar-refractivity contribution in [2.75, 3.05) is 0 Å². The third-order valence-corrected chi connectivity index (χ3v) is 2.83. The lowest BCUT2D eigenvalue weighted by atomic mass is 9.98. The molecule has 0 aromatic carbocycles. The maximum atomic E-state index is 6.03.